The smallest absolute Gasteiger partial charge is 0.308 e. The van der Waals surface area contributed by atoms with E-state index in [1.807, 2.05) is 18.2 Å². The van der Waals surface area contributed by atoms with Gasteiger partial charge in [0.15, 0.2) is 0 Å². The largest absolute Gasteiger partial charge is 0.462 e. The zero-order chi connectivity index (χ0) is 22.2. The van der Waals surface area contributed by atoms with Crippen molar-refractivity contribution in [3.05, 3.63) is 41.6 Å². The van der Waals surface area contributed by atoms with Gasteiger partial charge in [0.2, 0.25) is 11.8 Å². The van der Waals surface area contributed by atoms with Gasteiger partial charge in [0.25, 0.3) is 5.91 Å². The van der Waals surface area contributed by atoms with Crippen LogP contribution in [0.1, 0.15) is 51.0 Å². The average Bonchev–Trinajstić information content (AvgIpc) is 2.75. The lowest BCUT2D eigenvalue weighted by Gasteiger charge is -2.35. The summed E-state index contributed by atoms with van der Waals surface area (Å²) in [7, 11) is 0. The molecule has 1 aliphatic heterocycles. The molecular weight excluding hydrogens is 398 g/mol. The lowest BCUT2D eigenvalue weighted by molar-refractivity contribution is -0.156. The molecule has 1 saturated carbocycles. The summed E-state index contributed by atoms with van der Waals surface area (Å²) in [4.78, 5) is 51.3. The predicted molar refractivity (Wildman–Crippen MR) is 114 cm³/mol. The SMILES string of the molecule is CC(=O)N/C(=C\c1ccccc1)C(=O)N1CCNC(=O)C1CC(=O)OC1CCCCC1. The molecule has 166 valence electrons. The molecule has 1 unspecified atom stereocenters. The minimum atomic E-state index is -0.981. The Morgan fingerprint density at radius 3 is 2.55 bits per heavy atom. The van der Waals surface area contributed by atoms with Crippen LogP contribution in [0.3, 0.4) is 0 Å². The Labute approximate surface area is 182 Å². The summed E-state index contributed by atoms with van der Waals surface area (Å²) >= 11 is 0. The van der Waals surface area contributed by atoms with Crippen LogP contribution in [0.25, 0.3) is 6.08 Å². The van der Waals surface area contributed by atoms with E-state index in [2.05, 4.69) is 10.6 Å². The van der Waals surface area contributed by atoms with Gasteiger partial charge in [0, 0.05) is 20.0 Å². The van der Waals surface area contributed by atoms with Crippen LogP contribution in [0.2, 0.25) is 0 Å². The molecular formula is C23H29N3O5. The predicted octanol–water partition coefficient (Wildman–Crippen LogP) is 1.76. The molecule has 0 radical (unpaired) electrons. The number of amides is 3. The normalized spacial score (nSPS) is 20.0. The molecule has 3 amide bonds. The number of carbonyl (C=O) groups excluding carboxylic acids is 4. The van der Waals surface area contributed by atoms with Crippen LogP contribution < -0.4 is 10.6 Å². The Hall–Kier alpha value is -3.16. The molecule has 3 rings (SSSR count). The Balaban J connectivity index is 1.76. The van der Waals surface area contributed by atoms with Gasteiger partial charge in [0.05, 0.1) is 6.42 Å². The van der Waals surface area contributed by atoms with Crippen molar-refractivity contribution in [3.63, 3.8) is 0 Å². The summed E-state index contributed by atoms with van der Waals surface area (Å²) in [6.45, 7) is 1.82. The van der Waals surface area contributed by atoms with Crippen LogP contribution in [0.15, 0.2) is 36.0 Å². The number of benzene rings is 1. The molecule has 1 heterocycles. The zero-order valence-corrected chi connectivity index (χ0v) is 17.8. The van der Waals surface area contributed by atoms with Gasteiger partial charge < -0.3 is 20.3 Å². The van der Waals surface area contributed by atoms with Crippen molar-refractivity contribution < 1.29 is 23.9 Å². The Bertz CT molecular complexity index is 846. The third-order valence-corrected chi connectivity index (χ3v) is 5.45. The van der Waals surface area contributed by atoms with Crippen LogP contribution >= 0.6 is 0 Å². The highest BCUT2D eigenvalue weighted by atomic mass is 16.5. The first-order chi connectivity index (χ1) is 14.9. The number of hydrogen-bond acceptors (Lipinski definition) is 5. The second-order valence-electron chi connectivity index (χ2n) is 7.91. The summed E-state index contributed by atoms with van der Waals surface area (Å²) in [6, 6.07) is 8.11. The fourth-order valence-electron chi connectivity index (χ4n) is 3.95. The summed E-state index contributed by atoms with van der Waals surface area (Å²) < 4.78 is 5.55. The van der Waals surface area contributed by atoms with Crippen molar-refractivity contribution >= 4 is 29.8 Å². The van der Waals surface area contributed by atoms with Crippen LogP contribution in [-0.2, 0) is 23.9 Å². The third-order valence-electron chi connectivity index (χ3n) is 5.45. The Morgan fingerprint density at radius 1 is 1.16 bits per heavy atom. The highest BCUT2D eigenvalue weighted by molar-refractivity contribution is 6.03. The summed E-state index contributed by atoms with van der Waals surface area (Å²) in [6.07, 6.45) is 6.08. The van der Waals surface area contributed by atoms with Gasteiger partial charge in [0.1, 0.15) is 17.8 Å². The topological polar surface area (TPSA) is 105 Å². The molecule has 1 aliphatic carbocycles. The lowest BCUT2D eigenvalue weighted by atomic mass is 9.98. The first-order valence-electron chi connectivity index (χ1n) is 10.8. The number of carbonyl (C=O) groups is 4. The van der Waals surface area contributed by atoms with E-state index < -0.39 is 29.7 Å². The first kappa shape index (κ1) is 22.5. The van der Waals surface area contributed by atoms with Crippen molar-refractivity contribution in [1.29, 1.82) is 0 Å². The zero-order valence-electron chi connectivity index (χ0n) is 17.8. The molecule has 0 bridgehead atoms. The van der Waals surface area contributed by atoms with E-state index in [4.69, 9.17) is 4.74 Å². The van der Waals surface area contributed by atoms with E-state index >= 15 is 0 Å². The van der Waals surface area contributed by atoms with Gasteiger partial charge in [-0.05, 0) is 37.3 Å². The highest BCUT2D eigenvalue weighted by Crippen LogP contribution is 2.22. The van der Waals surface area contributed by atoms with Crippen molar-refractivity contribution in [2.24, 2.45) is 0 Å². The number of piperazine rings is 1. The fraction of sp³-hybridized carbons (Fsp3) is 0.478. The molecule has 8 heteroatoms. The minimum absolute atomic E-state index is 0.0547. The molecule has 0 aromatic heterocycles. The first-order valence-corrected chi connectivity index (χ1v) is 10.8. The summed E-state index contributed by atoms with van der Waals surface area (Å²) in [5.74, 6) is -1.79. The van der Waals surface area contributed by atoms with Crippen LogP contribution in [0, 0.1) is 0 Å². The van der Waals surface area contributed by atoms with Crippen LogP contribution in [0.5, 0.6) is 0 Å². The molecule has 8 nitrogen and oxygen atoms in total. The maximum absolute atomic E-state index is 13.3. The van der Waals surface area contributed by atoms with Gasteiger partial charge in [-0.2, -0.15) is 0 Å². The van der Waals surface area contributed by atoms with Crippen LogP contribution in [-0.4, -0.2) is 53.8 Å². The maximum atomic E-state index is 13.3. The van der Waals surface area contributed by atoms with E-state index in [-0.39, 0.29) is 31.3 Å². The fourth-order valence-corrected chi connectivity index (χ4v) is 3.95. The highest BCUT2D eigenvalue weighted by Gasteiger charge is 2.37. The Morgan fingerprint density at radius 2 is 1.87 bits per heavy atom. The maximum Gasteiger partial charge on any atom is 0.308 e. The van der Waals surface area contributed by atoms with E-state index in [1.54, 1.807) is 18.2 Å². The molecule has 1 atom stereocenters. The second-order valence-corrected chi connectivity index (χ2v) is 7.91. The molecule has 0 spiro atoms. The van der Waals surface area contributed by atoms with Gasteiger partial charge in [-0.15, -0.1) is 0 Å². The van der Waals surface area contributed by atoms with E-state index in [9.17, 15) is 19.2 Å². The third kappa shape index (κ3) is 6.41. The monoisotopic (exact) mass is 427 g/mol. The average molecular weight is 428 g/mol. The molecule has 31 heavy (non-hydrogen) atoms. The number of nitrogens with one attached hydrogen (secondary N) is 2. The molecule has 1 aromatic rings. The molecule has 2 fully saturated rings. The number of hydrogen-bond donors (Lipinski definition) is 2. The van der Waals surface area contributed by atoms with Crippen molar-refractivity contribution in [2.75, 3.05) is 13.1 Å². The van der Waals surface area contributed by atoms with Crippen molar-refractivity contribution in [2.45, 2.75) is 57.6 Å². The number of rotatable bonds is 6. The molecule has 1 aromatic carbocycles. The minimum Gasteiger partial charge on any atom is -0.462 e. The van der Waals surface area contributed by atoms with Gasteiger partial charge in [-0.1, -0.05) is 36.8 Å². The molecule has 2 N–H and O–H groups in total. The van der Waals surface area contributed by atoms with E-state index in [1.165, 1.54) is 11.8 Å². The van der Waals surface area contributed by atoms with E-state index in [0.717, 1.165) is 37.7 Å². The quantitative estimate of drug-likeness (QED) is 0.532. The summed E-state index contributed by atoms with van der Waals surface area (Å²) in [5, 5.41) is 5.27. The standard InChI is InChI=1S/C23H29N3O5/c1-16(27)25-19(14-17-8-4-2-5-9-17)23(30)26-13-12-24-22(29)20(26)15-21(28)31-18-10-6-3-7-11-18/h2,4-5,8-9,14,18,20H,3,6-7,10-13,15H2,1H3,(H,24,29)(H,25,27)/b19-14-. The Kier molecular flexibility index (Phi) is 7.81. The van der Waals surface area contributed by atoms with Gasteiger partial charge in [-0.3, -0.25) is 19.2 Å². The molecule has 2 aliphatic rings. The second kappa shape index (κ2) is 10.7. The lowest BCUT2D eigenvalue weighted by Crippen LogP contribution is -2.59. The summed E-state index contributed by atoms with van der Waals surface area (Å²) in [5.41, 5.74) is 0.786. The van der Waals surface area contributed by atoms with Crippen molar-refractivity contribution in [1.82, 2.24) is 15.5 Å². The number of ether oxygens (including phenoxy) is 1. The van der Waals surface area contributed by atoms with Gasteiger partial charge in [-0.25, -0.2) is 0 Å². The van der Waals surface area contributed by atoms with Gasteiger partial charge >= 0.3 is 5.97 Å². The van der Waals surface area contributed by atoms with Crippen LogP contribution in [0.4, 0.5) is 0 Å². The number of nitrogens with zero attached hydrogens (tertiary/aromatic N) is 1. The molecule has 1 saturated heterocycles. The van der Waals surface area contributed by atoms with E-state index in [0.29, 0.717) is 0 Å². The van der Waals surface area contributed by atoms with Crippen molar-refractivity contribution in [3.8, 4) is 0 Å². The number of esters is 1.